The van der Waals surface area contributed by atoms with Gasteiger partial charge in [-0.25, -0.2) is 9.97 Å². The number of esters is 4. The van der Waals surface area contributed by atoms with Gasteiger partial charge >= 0.3 is 23.9 Å². The lowest BCUT2D eigenvalue weighted by atomic mass is 9.84. The van der Waals surface area contributed by atoms with E-state index in [1.165, 1.54) is 28.4 Å². The average Bonchev–Trinajstić information content (AvgIpc) is 3.78. The summed E-state index contributed by atoms with van der Waals surface area (Å²) in [6.07, 6.45) is 1.18. The Bertz CT molecular complexity index is 1830. The van der Waals surface area contributed by atoms with Crippen LogP contribution in [0.25, 0.3) is 33.9 Å². The lowest BCUT2D eigenvalue weighted by Gasteiger charge is -2.23. The Kier molecular flexibility index (Phi) is 9.31. The summed E-state index contributed by atoms with van der Waals surface area (Å²) in [5.74, 6) is -2.80. The van der Waals surface area contributed by atoms with E-state index in [1.807, 2.05) is 74.5 Å². The molecule has 0 saturated carbocycles. The summed E-state index contributed by atoms with van der Waals surface area (Å²) in [6.45, 7) is 4.03. The number of ether oxygens (including phenoxy) is 4. The van der Waals surface area contributed by atoms with Crippen molar-refractivity contribution in [2.24, 2.45) is 10.8 Å². The summed E-state index contributed by atoms with van der Waals surface area (Å²) in [5, 5.41) is 0. The number of methoxy groups -OCH3 is 4. The third kappa shape index (κ3) is 5.25. The molecule has 0 bridgehead atoms. The second-order valence-electron chi connectivity index (χ2n) is 12.8. The van der Waals surface area contributed by atoms with Crippen LogP contribution in [0.3, 0.4) is 0 Å². The molecular weight excluding hydrogens is 636 g/mol. The monoisotopic (exact) mass is 676 g/mol. The molecule has 0 radical (unpaired) electrons. The molecule has 0 atom stereocenters. The van der Waals surface area contributed by atoms with Crippen LogP contribution in [0.5, 0.6) is 0 Å². The molecule has 0 N–H and O–H groups in total. The molecule has 0 saturated heterocycles. The highest BCUT2D eigenvalue weighted by Gasteiger charge is 2.56. The first-order chi connectivity index (χ1) is 24.1. The summed E-state index contributed by atoms with van der Waals surface area (Å²) in [5.41, 5.74) is 5.46. The van der Waals surface area contributed by atoms with E-state index in [2.05, 4.69) is 0 Å². The van der Waals surface area contributed by atoms with Crippen molar-refractivity contribution in [3.8, 4) is 33.9 Å². The van der Waals surface area contributed by atoms with Crippen LogP contribution in [-0.2, 0) is 76.7 Å². The number of nitrogens with zero attached hydrogens (tertiary/aromatic N) is 2. The fourth-order valence-corrected chi connectivity index (χ4v) is 7.92. The molecule has 258 valence electrons. The Morgan fingerprint density at radius 2 is 0.800 bits per heavy atom. The minimum atomic E-state index is -1.64. The molecule has 2 aliphatic rings. The molecule has 2 heterocycles. The van der Waals surface area contributed by atoms with Crippen LogP contribution in [0.2, 0.25) is 0 Å². The Morgan fingerprint density at radius 3 is 1.08 bits per heavy atom. The summed E-state index contributed by atoms with van der Waals surface area (Å²) in [4.78, 5) is 64.9. The summed E-state index contributed by atoms with van der Waals surface area (Å²) in [6, 6.07) is 19.4. The summed E-state index contributed by atoms with van der Waals surface area (Å²) < 4.78 is 20.9. The Labute approximate surface area is 291 Å². The first-order valence-corrected chi connectivity index (χ1v) is 16.7. The van der Waals surface area contributed by atoms with Crippen LogP contribution in [0.15, 0.2) is 60.7 Å². The largest absolute Gasteiger partial charge is 0.468 e. The second kappa shape index (κ2) is 13.5. The van der Waals surface area contributed by atoms with E-state index >= 15 is 0 Å². The van der Waals surface area contributed by atoms with Crippen LogP contribution in [0.4, 0.5) is 0 Å². The molecule has 0 fully saturated rings. The van der Waals surface area contributed by atoms with Gasteiger partial charge in [-0.1, -0.05) is 74.5 Å². The van der Waals surface area contributed by atoms with Crippen LogP contribution in [0, 0.1) is 10.8 Å². The van der Waals surface area contributed by atoms with Crippen LogP contribution >= 0.6 is 0 Å². The van der Waals surface area contributed by atoms with Crippen molar-refractivity contribution in [3.05, 3.63) is 94.0 Å². The van der Waals surface area contributed by atoms with E-state index < -0.39 is 34.7 Å². The Balaban J connectivity index is 1.75. The van der Waals surface area contributed by atoms with Gasteiger partial charge in [0.2, 0.25) is 0 Å². The van der Waals surface area contributed by atoms with E-state index in [0.717, 1.165) is 33.4 Å². The van der Waals surface area contributed by atoms with Gasteiger partial charge in [0.15, 0.2) is 10.8 Å². The van der Waals surface area contributed by atoms with Gasteiger partial charge in [-0.3, -0.25) is 19.2 Å². The number of pyridine rings is 2. The molecule has 0 spiro atoms. The third-order valence-electron chi connectivity index (χ3n) is 10.3. The maximum Gasteiger partial charge on any atom is 0.323 e. The van der Waals surface area contributed by atoms with E-state index in [-0.39, 0.29) is 25.7 Å². The number of rotatable bonds is 9. The van der Waals surface area contributed by atoms with Crippen molar-refractivity contribution in [2.45, 2.75) is 52.4 Å². The quantitative estimate of drug-likeness (QED) is 0.128. The standard InChI is InChI=1S/C40H40N2O8/c1-7-25-27-19-39(35(43)47-3,36(44)48-4)21-29(27)33(41-31(25)23-15-11-9-12-16-23)34-30-22-40(37(45)49-5,38(46)50-6)20-28(30)26(8-2)32(42-34)24-17-13-10-14-18-24/h9-18H,7-8,19-22H2,1-6H3. The van der Waals surface area contributed by atoms with Crippen LogP contribution in [0.1, 0.15) is 47.2 Å². The van der Waals surface area contributed by atoms with Crippen molar-refractivity contribution in [1.29, 1.82) is 0 Å². The highest BCUT2D eigenvalue weighted by atomic mass is 16.6. The molecule has 10 heteroatoms. The zero-order chi connectivity index (χ0) is 35.8. The summed E-state index contributed by atoms with van der Waals surface area (Å²) in [7, 11) is 5.03. The number of benzene rings is 2. The summed E-state index contributed by atoms with van der Waals surface area (Å²) >= 11 is 0. The normalized spacial score (nSPS) is 15.1. The van der Waals surface area contributed by atoms with Crippen LogP contribution < -0.4 is 0 Å². The maximum absolute atomic E-state index is 13.6. The molecule has 50 heavy (non-hydrogen) atoms. The highest BCUT2D eigenvalue weighted by molar-refractivity contribution is 6.03. The molecule has 0 unspecified atom stereocenters. The highest BCUT2D eigenvalue weighted by Crippen LogP contribution is 2.50. The zero-order valence-corrected chi connectivity index (χ0v) is 29.2. The molecule has 2 aromatic heterocycles. The minimum absolute atomic E-state index is 0.0299. The maximum atomic E-state index is 13.6. The molecule has 6 rings (SSSR count). The minimum Gasteiger partial charge on any atom is -0.468 e. The second-order valence-corrected chi connectivity index (χ2v) is 12.8. The number of aromatic nitrogens is 2. The van der Waals surface area contributed by atoms with Crippen LogP contribution in [-0.4, -0.2) is 62.3 Å². The molecular formula is C40H40N2O8. The Morgan fingerprint density at radius 1 is 0.500 bits per heavy atom. The predicted octanol–water partition coefficient (Wildman–Crippen LogP) is 5.46. The first-order valence-electron chi connectivity index (χ1n) is 16.7. The number of hydrogen-bond acceptors (Lipinski definition) is 10. The van der Waals surface area contributed by atoms with Gasteiger partial charge in [-0.15, -0.1) is 0 Å². The molecule has 10 nitrogen and oxygen atoms in total. The topological polar surface area (TPSA) is 131 Å². The molecule has 4 aromatic rings. The van der Waals surface area contributed by atoms with Crippen molar-refractivity contribution in [1.82, 2.24) is 9.97 Å². The van der Waals surface area contributed by atoms with Crippen molar-refractivity contribution in [2.75, 3.05) is 28.4 Å². The van der Waals surface area contributed by atoms with Gasteiger partial charge in [-0.05, 0) is 46.2 Å². The van der Waals surface area contributed by atoms with Gasteiger partial charge in [0.05, 0.1) is 51.2 Å². The zero-order valence-electron chi connectivity index (χ0n) is 29.2. The van der Waals surface area contributed by atoms with Gasteiger partial charge in [0.25, 0.3) is 0 Å². The molecule has 0 amide bonds. The van der Waals surface area contributed by atoms with E-state index in [1.54, 1.807) is 0 Å². The number of carbonyl (C=O) groups excluding carboxylic acids is 4. The van der Waals surface area contributed by atoms with E-state index in [4.69, 9.17) is 28.9 Å². The number of carbonyl (C=O) groups is 4. The molecule has 0 aliphatic heterocycles. The SMILES string of the molecule is CCc1c(-c2ccccc2)nc(-c2nc(-c3ccccc3)c(CC)c3c2CC(C(=O)OC)(C(=O)OC)C3)c2c1CC(C(=O)OC)(C(=O)OC)C2. The third-order valence-corrected chi connectivity index (χ3v) is 10.3. The van der Waals surface area contributed by atoms with E-state index in [0.29, 0.717) is 46.7 Å². The Hall–Kier alpha value is -5.38. The number of hydrogen-bond donors (Lipinski definition) is 0. The molecule has 2 aliphatic carbocycles. The van der Waals surface area contributed by atoms with Gasteiger partial charge in [0.1, 0.15) is 0 Å². The molecule has 2 aromatic carbocycles. The fourth-order valence-electron chi connectivity index (χ4n) is 7.92. The van der Waals surface area contributed by atoms with Gasteiger partial charge in [0, 0.05) is 36.8 Å². The smallest absolute Gasteiger partial charge is 0.323 e. The lowest BCUT2D eigenvalue weighted by Crippen LogP contribution is -2.42. The van der Waals surface area contributed by atoms with E-state index in [9.17, 15) is 19.2 Å². The van der Waals surface area contributed by atoms with Gasteiger partial charge < -0.3 is 18.9 Å². The predicted molar refractivity (Wildman–Crippen MR) is 185 cm³/mol. The number of fused-ring (bicyclic) bond motifs is 2. The fraction of sp³-hybridized carbons (Fsp3) is 0.350. The van der Waals surface area contributed by atoms with Crippen molar-refractivity contribution < 1.29 is 38.1 Å². The lowest BCUT2D eigenvalue weighted by molar-refractivity contribution is -0.170. The van der Waals surface area contributed by atoms with Crippen molar-refractivity contribution in [3.63, 3.8) is 0 Å². The first kappa shape index (κ1) is 34.5. The average molecular weight is 677 g/mol. The van der Waals surface area contributed by atoms with Crippen molar-refractivity contribution >= 4 is 23.9 Å². The van der Waals surface area contributed by atoms with Gasteiger partial charge in [-0.2, -0.15) is 0 Å².